The van der Waals surface area contributed by atoms with Crippen molar-refractivity contribution in [3.8, 4) is 0 Å². The third-order valence-electron chi connectivity index (χ3n) is 5.04. The molecular weight excluding hydrogens is 452 g/mol. The van der Waals surface area contributed by atoms with Gasteiger partial charge in [-0.25, -0.2) is 14.8 Å². The fourth-order valence-electron chi connectivity index (χ4n) is 3.38. The van der Waals surface area contributed by atoms with E-state index in [0.717, 1.165) is 5.56 Å². The Morgan fingerprint density at radius 2 is 1.83 bits per heavy atom. The summed E-state index contributed by atoms with van der Waals surface area (Å²) >= 11 is 0. The lowest BCUT2D eigenvalue weighted by Gasteiger charge is -2.28. The molecule has 1 aliphatic rings. The summed E-state index contributed by atoms with van der Waals surface area (Å²) < 4.78 is 0. The minimum atomic E-state index is -0.902. The van der Waals surface area contributed by atoms with Crippen LogP contribution in [0.25, 0.3) is 0 Å². The molecule has 1 aromatic carbocycles. The molecule has 2 heterocycles. The van der Waals surface area contributed by atoms with E-state index in [0.29, 0.717) is 30.5 Å². The molecule has 0 saturated carbocycles. The average Bonchev–Trinajstić information content (AvgIpc) is 3.28. The van der Waals surface area contributed by atoms with Crippen LogP contribution < -0.4 is 16.0 Å². The molecule has 3 rings (SSSR count). The number of nitrogens with one attached hydrogen (secondary N) is 3. The molecule has 0 radical (unpaired) electrons. The van der Waals surface area contributed by atoms with E-state index in [4.69, 9.17) is 5.11 Å². The monoisotopic (exact) mass is 482 g/mol. The molecule has 1 atom stereocenters. The maximum atomic E-state index is 12.7. The van der Waals surface area contributed by atoms with Crippen molar-refractivity contribution in [1.82, 2.24) is 20.3 Å². The van der Waals surface area contributed by atoms with E-state index in [2.05, 4.69) is 31.4 Å². The lowest BCUT2D eigenvalue weighted by Crippen LogP contribution is -2.48. The van der Waals surface area contributed by atoms with Gasteiger partial charge in [0, 0.05) is 11.9 Å². The molecule has 4 N–H and O–H groups in total. The molecule has 0 spiro atoms. The van der Waals surface area contributed by atoms with E-state index >= 15 is 0 Å². The summed E-state index contributed by atoms with van der Waals surface area (Å²) in [6.45, 7) is 4.65. The van der Waals surface area contributed by atoms with Crippen LogP contribution in [0.5, 0.6) is 0 Å². The SMILES string of the molecule is CC(C)CC(NC(=O)Cc1ccc(NC(=O)Nc2ccccn2)cc1)N1CN(CCC(=O)O)N=N1. The lowest BCUT2D eigenvalue weighted by atomic mass is 10.1. The van der Waals surface area contributed by atoms with Crippen LogP contribution in [0.2, 0.25) is 0 Å². The van der Waals surface area contributed by atoms with Gasteiger partial charge < -0.3 is 15.7 Å². The third kappa shape index (κ3) is 8.57. The van der Waals surface area contributed by atoms with Crippen LogP contribution >= 0.6 is 0 Å². The summed E-state index contributed by atoms with van der Waals surface area (Å²) in [4.78, 5) is 39.7. The van der Waals surface area contributed by atoms with Gasteiger partial charge in [0.25, 0.3) is 0 Å². The summed E-state index contributed by atoms with van der Waals surface area (Å²) in [6, 6.07) is 11.8. The zero-order chi connectivity index (χ0) is 25.2. The van der Waals surface area contributed by atoms with Gasteiger partial charge in [-0.15, -0.1) is 0 Å². The lowest BCUT2D eigenvalue weighted by molar-refractivity contribution is -0.137. The molecule has 1 aliphatic heterocycles. The van der Waals surface area contributed by atoms with E-state index in [1.54, 1.807) is 58.7 Å². The fraction of sp³-hybridized carbons (Fsp3) is 0.391. The van der Waals surface area contributed by atoms with E-state index in [-0.39, 0.29) is 31.5 Å². The number of urea groups is 1. The predicted molar refractivity (Wildman–Crippen MR) is 129 cm³/mol. The minimum absolute atomic E-state index is 0.0380. The number of pyridine rings is 1. The van der Waals surface area contributed by atoms with Gasteiger partial charge in [0.15, 0.2) is 0 Å². The van der Waals surface area contributed by atoms with Gasteiger partial charge in [0.05, 0.1) is 19.4 Å². The Bertz CT molecular complexity index is 1030. The van der Waals surface area contributed by atoms with Crippen molar-refractivity contribution in [3.63, 3.8) is 0 Å². The minimum Gasteiger partial charge on any atom is -0.481 e. The Hall–Kier alpha value is -4.22. The number of aromatic nitrogens is 1. The molecule has 12 heteroatoms. The second kappa shape index (κ2) is 12.3. The van der Waals surface area contributed by atoms with Crippen LogP contribution in [0.15, 0.2) is 59.1 Å². The smallest absolute Gasteiger partial charge is 0.324 e. The number of carboxylic acid groups (broad SMARTS) is 1. The van der Waals surface area contributed by atoms with Gasteiger partial charge in [-0.1, -0.05) is 37.3 Å². The van der Waals surface area contributed by atoms with Crippen LogP contribution in [0.1, 0.15) is 32.3 Å². The molecule has 0 saturated heterocycles. The number of anilines is 2. The van der Waals surface area contributed by atoms with Crippen molar-refractivity contribution in [2.75, 3.05) is 23.8 Å². The van der Waals surface area contributed by atoms with Crippen molar-refractivity contribution >= 4 is 29.4 Å². The fourth-order valence-corrected chi connectivity index (χ4v) is 3.38. The normalized spacial score (nSPS) is 13.6. The van der Waals surface area contributed by atoms with Crippen LogP contribution in [-0.4, -0.2) is 57.4 Å². The van der Waals surface area contributed by atoms with Gasteiger partial charge in [0.2, 0.25) is 5.91 Å². The number of amides is 3. The Balaban J connectivity index is 1.50. The summed E-state index contributed by atoms with van der Waals surface area (Å²) in [5, 5.41) is 28.5. The van der Waals surface area contributed by atoms with Crippen LogP contribution in [0, 0.1) is 5.92 Å². The van der Waals surface area contributed by atoms with Gasteiger partial charge in [-0.05, 0) is 47.4 Å². The first-order valence-corrected chi connectivity index (χ1v) is 11.3. The van der Waals surface area contributed by atoms with Gasteiger partial charge in [-0.3, -0.25) is 19.9 Å². The van der Waals surface area contributed by atoms with Crippen LogP contribution in [-0.2, 0) is 16.0 Å². The second-order valence-corrected chi connectivity index (χ2v) is 8.51. The number of hydrogen-bond acceptors (Lipinski definition) is 8. The van der Waals surface area contributed by atoms with E-state index in [1.807, 2.05) is 13.8 Å². The van der Waals surface area contributed by atoms with Gasteiger partial charge >= 0.3 is 12.0 Å². The summed E-state index contributed by atoms with van der Waals surface area (Å²) in [7, 11) is 0. The summed E-state index contributed by atoms with van der Waals surface area (Å²) in [6.07, 6.45) is 2.00. The highest BCUT2D eigenvalue weighted by atomic mass is 16.4. The number of carbonyl (C=O) groups excluding carboxylic acids is 2. The van der Waals surface area contributed by atoms with E-state index in [1.165, 1.54) is 0 Å². The Morgan fingerprint density at radius 3 is 2.49 bits per heavy atom. The first-order chi connectivity index (χ1) is 16.8. The molecule has 0 aliphatic carbocycles. The number of benzene rings is 1. The number of hydrogen-bond donors (Lipinski definition) is 4. The van der Waals surface area contributed by atoms with Crippen molar-refractivity contribution in [2.45, 2.75) is 39.3 Å². The van der Waals surface area contributed by atoms with Crippen LogP contribution in [0.4, 0.5) is 16.3 Å². The van der Waals surface area contributed by atoms with Gasteiger partial charge in [0.1, 0.15) is 18.7 Å². The number of aliphatic carboxylic acids is 1. The molecule has 3 amide bonds. The molecule has 2 aromatic rings. The van der Waals surface area contributed by atoms with Crippen molar-refractivity contribution < 1.29 is 19.5 Å². The Kier molecular flexibility index (Phi) is 8.93. The standard InChI is InChI=1S/C23H30N8O4/c1-16(2)13-20(31-15-30(28-29-31)12-10-22(33)34)27-21(32)14-17-6-8-18(9-7-17)25-23(35)26-19-5-3-4-11-24-19/h3-9,11,16,20H,10,12-15H2,1-2H3,(H,27,32)(H,33,34)(H2,24,25,26,35). The Morgan fingerprint density at radius 1 is 1.06 bits per heavy atom. The molecule has 12 nitrogen and oxygen atoms in total. The second-order valence-electron chi connectivity index (χ2n) is 8.51. The van der Waals surface area contributed by atoms with Crippen molar-refractivity contribution in [2.24, 2.45) is 16.4 Å². The topological polar surface area (TPSA) is 152 Å². The number of carboxylic acids is 1. The predicted octanol–water partition coefficient (Wildman–Crippen LogP) is 3.09. The highest BCUT2D eigenvalue weighted by Crippen LogP contribution is 2.17. The molecule has 186 valence electrons. The molecule has 35 heavy (non-hydrogen) atoms. The molecule has 0 fully saturated rings. The van der Waals surface area contributed by atoms with Crippen molar-refractivity contribution in [3.05, 3.63) is 54.2 Å². The number of nitrogens with zero attached hydrogens (tertiary/aromatic N) is 5. The molecular formula is C23H30N8O4. The molecule has 1 unspecified atom stereocenters. The maximum Gasteiger partial charge on any atom is 0.324 e. The first-order valence-electron chi connectivity index (χ1n) is 11.3. The first kappa shape index (κ1) is 25.4. The van der Waals surface area contributed by atoms with Crippen molar-refractivity contribution in [1.29, 1.82) is 0 Å². The zero-order valence-corrected chi connectivity index (χ0v) is 19.7. The van der Waals surface area contributed by atoms with E-state index in [9.17, 15) is 14.4 Å². The average molecular weight is 483 g/mol. The zero-order valence-electron chi connectivity index (χ0n) is 19.7. The summed E-state index contributed by atoms with van der Waals surface area (Å²) in [5.41, 5.74) is 1.37. The largest absolute Gasteiger partial charge is 0.481 e. The molecule has 1 aromatic heterocycles. The number of carbonyl (C=O) groups is 3. The highest BCUT2D eigenvalue weighted by Gasteiger charge is 2.26. The quantitative estimate of drug-likeness (QED) is 0.384. The summed E-state index contributed by atoms with van der Waals surface area (Å²) in [5.74, 6) is -0.341. The highest BCUT2D eigenvalue weighted by molar-refractivity contribution is 5.99. The van der Waals surface area contributed by atoms with Gasteiger partial charge in [-0.2, -0.15) is 0 Å². The number of rotatable bonds is 11. The van der Waals surface area contributed by atoms with E-state index < -0.39 is 12.0 Å². The maximum absolute atomic E-state index is 12.7. The van der Waals surface area contributed by atoms with Crippen LogP contribution in [0.3, 0.4) is 0 Å². The Labute approximate surface area is 203 Å². The third-order valence-corrected chi connectivity index (χ3v) is 5.04. The molecule has 0 bridgehead atoms.